The lowest BCUT2D eigenvalue weighted by atomic mass is 9.97. The van der Waals surface area contributed by atoms with Gasteiger partial charge in [0.2, 0.25) is 5.91 Å². The summed E-state index contributed by atoms with van der Waals surface area (Å²) in [7, 11) is 1.61. The molecule has 0 saturated heterocycles. The lowest BCUT2D eigenvalue weighted by Gasteiger charge is -2.21. The van der Waals surface area contributed by atoms with Gasteiger partial charge in [0.25, 0.3) is 0 Å². The van der Waals surface area contributed by atoms with Gasteiger partial charge in [-0.2, -0.15) is 5.10 Å². The molecule has 1 heterocycles. The van der Waals surface area contributed by atoms with Gasteiger partial charge in [-0.1, -0.05) is 30.3 Å². The van der Waals surface area contributed by atoms with Gasteiger partial charge < -0.3 is 9.84 Å². The molecule has 3 rings (SSSR count). The van der Waals surface area contributed by atoms with Crippen molar-refractivity contribution in [3.8, 4) is 11.5 Å². The van der Waals surface area contributed by atoms with E-state index in [0.717, 1.165) is 17.0 Å². The van der Waals surface area contributed by atoms with Gasteiger partial charge in [-0.3, -0.25) is 4.79 Å². The third-order valence-corrected chi connectivity index (χ3v) is 3.93. The molecule has 0 spiro atoms. The molecule has 2 aromatic rings. The number of hydrazone groups is 1. The smallest absolute Gasteiger partial charge is 0.240 e. The van der Waals surface area contributed by atoms with Crippen molar-refractivity contribution < 1.29 is 14.6 Å². The lowest BCUT2D eigenvalue weighted by Crippen LogP contribution is -2.24. The van der Waals surface area contributed by atoms with Crippen LogP contribution >= 0.6 is 0 Å². The van der Waals surface area contributed by atoms with Crippen molar-refractivity contribution in [1.82, 2.24) is 5.01 Å². The van der Waals surface area contributed by atoms with Crippen LogP contribution in [0.5, 0.6) is 11.5 Å². The van der Waals surface area contributed by atoms with Gasteiger partial charge >= 0.3 is 0 Å². The molecule has 0 aliphatic carbocycles. The van der Waals surface area contributed by atoms with Gasteiger partial charge in [0, 0.05) is 24.5 Å². The summed E-state index contributed by atoms with van der Waals surface area (Å²) in [4.78, 5) is 12.0. The first-order valence-electron chi connectivity index (χ1n) is 7.39. The minimum atomic E-state index is -0.296. The number of phenols is 1. The van der Waals surface area contributed by atoms with Crippen molar-refractivity contribution in [3.63, 3.8) is 0 Å². The molecule has 1 amide bonds. The molecule has 0 saturated carbocycles. The standard InChI is InChI=1S/C18H18N2O3/c1-12(21)20-17(15-8-3-4-9-18(15)22)11-16(19-20)13-6-5-7-14(10-13)23-2/h3-10,17,22H,11H2,1-2H3/t17-/m0/s1. The number of hydrogen-bond acceptors (Lipinski definition) is 4. The second kappa shape index (κ2) is 6.12. The molecule has 1 aliphatic heterocycles. The summed E-state index contributed by atoms with van der Waals surface area (Å²) < 4.78 is 5.24. The average molecular weight is 310 g/mol. The van der Waals surface area contributed by atoms with Crippen LogP contribution in [0.2, 0.25) is 0 Å². The zero-order valence-electron chi connectivity index (χ0n) is 13.1. The second-order valence-corrected chi connectivity index (χ2v) is 5.42. The number of carbonyl (C=O) groups excluding carboxylic acids is 1. The van der Waals surface area contributed by atoms with Crippen molar-refractivity contribution in [2.75, 3.05) is 7.11 Å². The van der Waals surface area contributed by atoms with E-state index in [4.69, 9.17) is 4.74 Å². The third-order valence-electron chi connectivity index (χ3n) is 3.93. The Labute approximate surface area is 134 Å². The van der Waals surface area contributed by atoms with Gasteiger partial charge in [-0.05, 0) is 18.2 Å². The van der Waals surface area contributed by atoms with Crippen LogP contribution in [-0.2, 0) is 4.79 Å². The van der Waals surface area contributed by atoms with E-state index in [2.05, 4.69) is 5.10 Å². The normalized spacial score (nSPS) is 17.0. The van der Waals surface area contributed by atoms with Crippen molar-refractivity contribution >= 4 is 11.6 Å². The number of ether oxygens (including phenoxy) is 1. The molecular weight excluding hydrogens is 292 g/mol. The molecule has 0 bridgehead atoms. The SMILES string of the molecule is COc1cccc(C2=NN(C(C)=O)[C@H](c3ccccc3O)C2)c1. The Morgan fingerprint density at radius 3 is 2.74 bits per heavy atom. The molecule has 1 N–H and O–H groups in total. The first-order chi connectivity index (χ1) is 11.1. The fraction of sp³-hybridized carbons (Fsp3) is 0.222. The van der Waals surface area contributed by atoms with Crippen LogP contribution in [0.25, 0.3) is 0 Å². The Morgan fingerprint density at radius 2 is 2.04 bits per heavy atom. The number of phenolic OH excluding ortho intramolecular Hbond substituents is 1. The van der Waals surface area contributed by atoms with Crippen molar-refractivity contribution in [3.05, 3.63) is 59.7 Å². The zero-order valence-corrected chi connectivity index (χ0v) is 13.1. The topological polar surface area (TPSA) is 62.1 Å². The Kier molecular flexibility index (Phi) is 4.02. The predicted octanol–water partition coefficient (Wildman–Crippen LogP) is 3.10. The molecule has 0 radical (unpaired) electrons. The molecule has 1 aliphatic rings. The molecule has 0 aromatic heterocycles. The number of carbonyl (C=O) groups is 1. The average Bonchev–Trinajstić information content (AvgIpc) is 3.01. The highest BCUT2D eigenvalue weighted by molar-refractivity contribution is 6.03. The van der Waals surface area contributed by atoms with Crippen LogP contribution < -0.4 is 4.74 Å². The maximum Gasteiger partial charge on any atom is 0.240 e. The molecular formula is C18H18N2O3. The number of rotatable bonds is 3. The highest BCUT2D eigenvalue weighted by Gasteiger charge is 2.32. The number of benzene rings is 2. The highest BCUT2D eigenvalue weighted by atomic mass is 16.5. The molecule has 5 heteroatoms. The van der Waals surface area contributed by atoms with Crippen molar-refractivity contribution in [2.24, 2.45) is 5.10 Å². The number of nitrogens with zero attached hydrogens (tertiary/aromatic N) is 2. The van der Waals surface area contributed by atoms with E-state index in [0.29, 0.717) is 12.0 Å². The summed E-state index contributed by atoms with van der Waals surface area (Å²) in [5.74, 6) is 0.757. The van der Waals surface area contributed by atoms with E-state index in [1.54, 1.807) is 19.2 Å². The van der Waals surface area contributed by atoms with Crippen LogP contribution in [0.15, 0.2) is 53.6 Å². The minimum absolute atomic E-state index is 0.156. The largest absolute Gasteiger partial charge is 0.508 e. The monoisotopic (exact) mass is 310 g/mol. The summed E-state index contributed by atoms with van der Waals surface area (Å²) in [5.41, 5.74) is 2.41. The fourth-order valence-electron chi connectivity index (χ4n) is 2.79. The van der Waals surface area contributed by atoms with E-state index in [1.807, 2.05) is 36.4 Å². The van der Waals surface area contributed by atoms with Gasteiger partial charge in [-0.15, -0.1) is 0 Å². The second-order valence-electron chi connectivity index (χ2n) is 5.42. The van der Waals surface area contributed by atoms with Gasteiger partial charge in [0.05, 0.1) is 18.9 Å². The number of amides is 1. The van der Waals surface area contributed by atoms with E-state index < -0.39 is 0 Å². The molecule has 23 heavy (non-hydrogen) atoms. The maximum absolute atomic E-state index is 12.0. The first-order valence-corrected chi connectivity index (χ1v) is 7.39. The van der Waals surface area contributed by atoms with Crippen molar-refractivity contribution in [1.29, 1.82) is 0 Å². The number of hydrogen-bond donors (Lipinski definition) is 1. The Balaban J connectivity index is 1.97. The van der Waals surface area contributed by atoms with E-state index in [9.17, 15) is 9.90 Å². The van der Waals surface area contributed by atoms with Crippen molar-refractivity contribution in [2.45, 2.75) is 19.4 Å². The zero-order chi connectivity index (χ0) is 16.4. The molecule has 0 fully saturated rings. The van der Waals surface area contributed by atoms with Crippen LogP contribution in [0.4, 0.5) is 0 Å². The number of aromatic hydroxyl groups is 1. The minimum Gasteiger partial charge on any atom is -0.508 e. The summed E-state index contributed by atoms with van der Waals surface area (Å²) in [5, 5.41) is 16.0. The number of para-hydroxylation sites is 1. The third kappa shape index (κ3) is 2.90. The molecule has 2 aromatic carbocycles. The van der Waals surface area contributed by atoms with Gasteiger partial charge in [-0.25, -0.2) is 5.01 Å². The Bertz CT molecular complexity index is 770. The van der Waals surface area contributed by atoms with Crippen LogP contribution in [0.3, 0.4) is 0 Å². The van der Waals surface area contributed by atoms with E-state index in [-0.39, 0.29) is 17.7 Å². The number of methoxy groups -OCH3 is 1. The molecule has 5 nitrogen and oxygen atoms in total. The van der Waals surface area contributed by atoms with Gasteiger partial charge in [0.15, 0.2) is 0 Å². The van der Waals surface area contributed by atoms with Crippen LogP contribution in [0, 0.1) is 0 Å². The summed E-state index contributed by atoms with van der Waals surface area (Å²) in [6.45, 7) is 1.48. The molecule has 0 unspecified atom stereocenters. The quantitative estimate of drug-likeness (QED) is 0.947. The predicted molar refractivity (Wildman–Crippen MR) is 87.5 cm³/mol. The summed E-state index contributed by atoms with van der Waals surface area (Å²) in [6.07, 6.45) is 0.546. The van der Waals surface area contributed by atoms with E-state index in [1.165, 1.54) is 11.9 Å². The molecule has 1 atom stereocenters. The Morgan fingerprint density at radius 1 is 1.26 bits per heavy atom. The molecule has 118 valence electrons. The fourth-order valence-corrected chi connectivity index (χ4v) is 2.79. The Hall–Kier alpha value is -2.82. The highest BCUT2D eigenvalue weighted by Crippen LogP contribution is 2.37. The lowest BCUT2D eigenvalue weighted by molar-refractivity contribution is -0.130. The van der Waals surface area contributed by atoms with E-state index >= 15 is 0 Å². The van der Waals surface area contributed by atoms with Gasteiger partial charge in [0.1, 0.15) is 11.5 Å². The summed E-state index contributed by atoms with van der Waals surface area (Å²) in [6, 6.07) is 14.3. The van der Waals surface area contributed by atoms with Crippen LogP contribution in [-0.4, -0.2) is 28.8 Å². The van der Waals surface area contributed by atoms with Crippen LogP contribution in [0.1, 0.15) is 30.5 Å². The summed E-state index contributed by atoms with van der Waals surface area (Å²) >= 11 is 0. The first kappa shape index (κ1) is 15.1. The maximum atomic E-state index is 12.0.